The van der Waals surface area contributed by atoms with Crippen LogP contribution in [0.15, 0.2) is 18.6 Å². The molecule has 0 aromatic carbocycles. The number of nitrogens with one attached hydrogen (secondary N) is 1. The Morgan fingerprint density at radius 3 is 2.87 bits per heavy atom. The number of hydrazine groups is 1. The maximum atomic E-state index is 10.3. The molecule has 2 aromatic heterocycles. The molecule has 3 heterocycles. The highest BCUT2D eigenvalue weighted by Crippen LogP contribution is 2.34. The van der Waals surface area contributed by atoms with Gasteiger partial charge in [-0.05, 0) is 13.0 Å². The van der Waals surface area contributed by atoms with Crippen LogP contribution in [-0.4, -0.2) is 54.3 Å². The highest BCUT2D eigenvalue weighted by molar-refractivity contribution is 5.87. The van der Waals surface area contributed by atoms with Gasteiger partial charge in [0.25, 0.3) is 0 Å². The molecule has 122 valence electrons. The normalized spacial score (nSPS) is 28.4. The van der Waals surface area contributed by atoms with E-state index >= 15 is 0 Å². The fourth-order valence-electron chi connectivity index (χ4n) is 2.70. The minimum Gasteiger partial charge on any atom is -0.387 e. The lowest BCUT2D eigenvalue weighted by molar-refractivity contribution is -0.0672. The van der Waals surface area contributed by atoms with Crippen LogP contribution in [0.25, 0.3) is 11.0 Å². The van der Waals surface area contributed by atoms with Crippen LogP contribution in [0.4, 0.5) is 5.82 Å². The van der Waals surface area contributed by atoms with Gasteiger partial charge < -0.3 is 30.0 Å². The van der Waals surface area contributed by atoms with Gasteiger partial charge in [0.2, 0.25) is 0 Å². The van der Waals surface area contributed by atoms with Crippen molar-refractivity contribution in [2.75, 3.05) is 5.43 Å². The SMILES string of the molecule is CC#CC(O)[C@H]1O[C@@H](n2ccc3c(NN)ncnc32)[C@H](O)[C@@H]1O. The van der Waals surface area contributed by atoms with Gasteiger partial charge in [-0.3, -0.25) is 0 Å². The van der Waals surface area contributed by atoms with E-state index in [1.54, 1.807) is 23.8 Å². The van der Waals surface area contributed by atoms with Crippen LogP contribution < -0.4 is 11.3 Å². The zero-order chi connectivity index (χ0) is 16.6. The topological polar surface area (TPSA) is 139 Å². The Balaban J connectivity index is 1.97. The van der Waals surface area contributed by atoms with Crippen LogP contribution >= 0.6 is 0 Å². The summed E-state index contributed by atoms with van der Waals surface area (Å²) < 4.78 is 7.18. The number of fused-ring (bicyclic) bond motifs is 1. The molecule has 0 aliphatic carbocycles. The standard InChI is InChI=1S/C14H17N5O4/c1-2-3-8(20)11-9(21)10(22)14(23-11)19-5-4-7-12(18-15)16-6-17-13(7)19/h4-6,8-11,14,20-22H,15H2,1H3,(H,16,17,18)/t8?,9-,10+,11+,14+/m0/s1. The first-order chi connectivity index (χ1) is 11.1. The van der Waals surface area contributed by atoms with Crippen LogP contribution in [-0.2, 0) is 4.74 Å². The van der Waals surface area contributed by atoms with Crippen molar-refractivity contribution >= 4 is 16.9 Å². The molecule has 5 atom stereocenters. The van der Waals surface area contributed by atoms with Gasteiger partial charge in [0.15, 0.2) is 12.0 Å². The second-order valence-electron chi connectivity index (χ2n) is 5.14. The Morgan fingerprint density at radius 1 is 1.39 bits per heavy atom. The van der Waals surface area contributed by atoms with Crippen molar-refractivity contribution in [2.45, 2.75) is 37.6 Å². The highest BCUT2D eigenvalue weighted by Gasteiger charge is 2.46. The summed E-state index contributed by atoms with van der Waals surface area (Å²) in [6.07, 6.45) is -2.69. The number of hydrogen-bond acceptors (Lipinski definition) is 8. The Bertz CT molecular complexity index is 767. The summed E-state index contributed by atoms with van der Waals surface area (Å²) in [4.78, 5) is 8.15. The predicted molar refractivity (Wildman–Crippen MR) is 80.7 cm³/mol. The molecule has 9 nitrogen and oxygen atoms in total. The Morgan fingerprint density at radius 2 is 2.17 bits per heavy atom. The summed E-state index contributed by atoms with van der Waals surface area (Å²) in [5.41, 5.74) is 2.94. The number of nitrogen functional groups attached to an aromatic ring is 1. The lowest BCUT2D eigenvalue weighted by atomic mass is 10.1. The van der Waals surface area contributed by atoms with E-state index in [-0.39, 0.29) is 0 Å². The molecule has 1 aliphatic rings. The fraction of sp³-hybridized carbons (Fsp3) is 0.429. The summed E-state index contributed by atoms with van der Waals surface area (Å²) >= 11 is 0. The highest BCUT2D eigenvalue weighted by atomic mass is 16.6. The maximum absolute atomic E-state index is 10.3. The van der Waals surface area contributed by atoms with Crippen LogP contribution in [0.3, 0.4) is 0 Å². The van der Waals surface area contributed by atoms with Gasteiger partial charge in [-0.1, -0.05) is 5.92 Å². The molecule has 1 unspecified atom stereocenters. The molecule has 1 fully saturated rings. The van der Waals surface area contributed by atoms with E-state index < -0.39 is 30.6 Å². The van der Waals surface area contributed by atoms with E-state index in [9.17, 15) is 15.3 Å². The number of nitrogens with zero attached hydrogens (tertiary/aromatic N) is 3. The predicted octanol–water partition coefficient (Wildman–Crippen LogP) is -1.28. The number of rotatable bonds is 3. The molecule has 0 bridgehead atoms. The molecule has 1 aliphatic heterocycles. The van der Waals surface area contributed by atoms with E-state index in [1.165, 1.54) is 6.33 Å². The van der Waals surface area contributed by atoms with Gasteiger partial charge in [-0.15, -0.1) is 5.92 Å². The van der Waals surface area contributed by atoms with E-state index in [1.807, 2.05) is 0 Å². The van der Waals surface area contributed by atoms with Crippen molar-refractivity contribution in [1.29, 1.82) is 0 Å². The number of aromatic nitrogens is 3. The Hall–Kier alpha value is -2.22. The van der Waals surface area contributed by atoms with Gasteiger partial charge in [-0.2, -0.15) is 0 Å². The molecule has 0 saturated carbocycles. The lowest BCUT2D eigenvalue weighted by Gasteiger charge is -2.17. The molecular weight excluding hydrogens is 302 g/mol. The molecule has 3 rings (SSSR count). The van der Waals surface area contributed by atoms with Crippen LogP contribution in [0.5, 0.6) is 0 Å². The zero-order valence-corrected chi connectivity index (χ0v) is 12.3. The van der Waals surface area contributed by atoms with E-state index in [0.717, 1.165) is 0 Å². The van der Waals surface area contributed by atoms with Gasteiger partial charge in [0, 0.05) is 6.20 Å². The second-order valence-corrected chi connectivity index (χ2v) is 5.14. The molecule has 0 spiro atoms. The minimum absolute atomic E-state index is 0.426. The van der Waals surface area contributed by atoms with Crippen molar-refractivity contribution in [2.24, 2.45) is 5.84 Å². The average molecular weight is 319 g/mol. The minimum atomic E-state index is -1.28. The monoisotopic (exact) mass is 319 g/mol. The first kappa shape index (κ1) is 15.7. The third kappa shape index (κ3) is 2.52. The van der Waals surface area contributed by atoms with Crippen LogP contribution in [0, 0.1) is 11.8 Å². The molecule has 1 saturated heterocycles. The van der Waals surface area contributed by atoms with Crippen LogP contribution in [0.1, 0.15) is 13.2 Å². The van der Waals surface area contributed by atoms with Crippen LogP contribution in [0.2, 0.25) is 0 Å². The summed E-state index contributed by atoms with van der Waals surface area (Å²) in [6.45, 7) is 1.57. The lowest BCUT2D eigenvalue weighted by Crippen LogP contribution is -2.38. The fourth-order valence-corrected chi connectivity index (χ4v) is 2.70. The van der Waals surface area contributed by atoms with E-state index in [2.05, 4.69) is 27.2 Å². The Kier molecular flexibility index (Phi) is 4.16. The first-order valence-electron chi connectivity index (χ1n) is 6.98. The number of hydrogen-bond donors (Lipinski definition) is 5. The van der Waals surface area contributed by atoms with Gasteiger partial charge in [0.1, 0.15) is 36.4 Å². The second kappa shape index (κ2) is 6.11. The van der Waals surface area contributed by atoms with Crippen molar-refractivity contribution in [3.63, 3.8) is 0 Å². The summed E-state index contributed by atoms with van der Waals surface area (Å²) in [6, 6.07) is 1.71. The number of ether oxygens (including phenoxy) is 1. The quantitative estimate of drug-likeness (QED) is 0.268. The van der Waals surface area contributed by atoms with E-state index in [0.29, 0.717) is 16.9 Å². The van der Waals surface area contributed by atoms with Crippen molar-refractivity contribution in [1.82, 2.24) is 14.5 Å². The third-order valence-electron chi connectivity index (χ3n) is 3.80. The average Bonchev–Trinajstić information content (AvgIpc) is 3.10. The molecule has 23 heavy (non-hydrogen) atoms. The Labute approximate surface area is 131 Å². The third-order valence-corrected chi connectivity index (χ3v) is 3.80. The summed E-state index contributed by atoms with van der Waals surface area (Å²) in [5.74, 6) is 10.9. The molecule has 6 N–H and O–H groups in total. The van der Waals surface area contributed by atoms with E-state index in [4.69, 9.17) is 10.6 Å². The molecular formula is C14H17N5O4. The number of anilines is 1. The first-order valence-corrected chi connectivity index (χ1v) is 6.98. The largest absolute Gasteiger partial charge is 0.387 e. The smallest absolute Gasteiger partial charge is 0.164 e. The van der Waals surface area contributed by atoms with Crippen molar-refractivity contribution < 1.29 is 20.1 Å². The molecule has 2 aromatic rings. The molecule has 9 heteroatoms. The molecule has 0 amide bonds. The van der Waals surface area contributed by atoms with Gasteiger partial charge >= 0.3 is 0 Å². The van der Waals surface area contributed by atoms with Crippen molar-refractivity contribution in [3.05, 3.63) is 18.6 Å². The number of nitrogens with two attached hydrogens (primary N) is 1. The zero-order valence-electron chi connectivity index (χ0n) is 12.3. The molecule has 0 radical (unpaired) electrons. The van der Waals surface area contributed by atoms with Gasteiger partial charge in [-0.25, -0.2) is 15.8 Å². The van der Waals surface area contributed by atoms with Gasteiger partial charge in [0.05, 0.1) is 5.39 Å². The summed E-state index contributed by atoms with van der Waals surface area (Å²) in [7, 11) is 0. The number of aliphatic hydroxyl groups is 3. The van der Waals surface area contributed by atoms with Crippen molar-refractivity contribution in [3.8, 4) is 11.8 Å². The summed E-state index contributed by atoms with van der Waals surface area (Å²) in [5, 5.41) is 30.9. The number of aliphatic hydroxyl groups excluding tert-OH is 3. The maximum Gasteiger partial charge on any atom is 0.164 e.